The van der Waals surface area contributed by atoms with Gasteiger partial charge in [-0.05, 0) is 51.4 Å². The minimum absolute atomic E-state index is 0.245. The van der Waals surface area contributed by atoms with Crippen LogP contribution in [0.4, 0.5) is 0 Å². The van der Waals surface area contributed by atoms with Gasteiger partial charge < -0.3 is 89.9 Å². The van der Waals surface area contributed by atoms with Crippen LogP contribution in [0.2, 0.25) is 0 Å². The van der Waals surface area contributed by atoms with Crippen molar-refractivity contribution in [3.8, 4) is 0 Å². The van der Waals surface area contributed by atoms with Crippen LogP contribution in [-0.2, 0) is 33.2 Å². The fourth-order valence-electron chi connectivity index (χ4n) is 12.1. The summed E-state index contributed by atoms with van der Waals surface area (Å²) < 4.78 is 34.2. The molecule has 3 aliphatic rings. The molecule has 12 N–H and O–H groups in total. The molecule has 0 bridgehead atoms. The zero-order valence-electron chi connectivity index (χ0n) is 55.6. The fraction of sp³-hybridized carbons (Fsp3) is 0.873. The Labute approximate surface area is 542 Å². The Morgan fingerprint density at radius 1 is 0.411 bits per heavy atom. The third-order valence-electron chi connectivity index (χ3n) is 17.9. The highest BCUT2D eigenvalue weighted by molar-refractivity contribution is 5.76. The summed E-state index contributed by atoms with van der Waals surface area (Å²) in [5, 5.41) is 120. The minimum atomic E-state index is -1.97. The van der Waals surface area contributed by atoms with Gasteiger partial charge in [0.25, 0.3) is 0 Å². The molecule has 3 saturated heterocycles. The first kappa shape index (κ1) is 82.0. The van der Waals surface area contributed by atoms with Gasteiger partial charge in [-0.2, -0.15) is 0 Å². The van der Waals surface area contributed by atoms with Crippen molar-refractivity contribution in [3.05, 3.63) is 48.6 Å². The predicted octanol–water partition coefficient (Wildman–Crippen LogP) is 9.78. The van der Waals surface area contributed by atoms with Crippen LogP contribution in [0, 0.1) is 0 Å². The summed E-state index contributed by atoms with van der Waals surface area (Å²) in [5.74, 6) is -0.245. The summed E-state index contributed by atoms with van der Waals surface area (Å²) in [6.07, 6.45) is 37.3. The van der Waals surface area contributed by atoms with Crippen LogP contribution in [0.3, 0.4) is 0 Å². The second kappa shape index (κ2) is 53.0. The number of carbonyl (C=O) groups excluding carboxylic acids is 1. The Kier molecular flexibility index (Phi) is 48.2. The van der Waals surface area contributed by atoms with Gasteiger partial charge in [0.05, 0.1) is 38.6 Å². The first-order valence-corrected chi connectivity index (χ1v) is 35.9. The number of ether oxygens (including phenoxy) is 6. The number of allylic oxidation sites excluding steroid dienone is 8. The number of carbonyl (C=O) groups is 1. The summed E-state index contributed by atoms with van der Waals surface area (Å²) in [4.78, 5) is 13.3. The average molecular weight is 1280 g/mol. The number of amides is 1. The fourth-order valence-corrected chi connectivity index (χ4v) is 12.1. The minimum Gasteiger partial charge on any atom is -0.394 e. The molecule has 17 atom stereocenters. The summed E-state index contributed by atoms with van der Waals surface area (Å²) in [7, 11) is 0. The first-order chi connectivity index (χ1) is 43.8. The van der Waals surface area contributed by atoms with Gasteiger partial charge in [0.15, 0.2) is 18.9 Å². The van der Waals surface area contributed by atoms with E-state index in [1.54, 1.807) is 0 Å². The molecule has 17 unspecified atom stereocenters. The summed E-state index contributed by atoms with van der Waals surface area (Å²) >= 11 is 0. The SMILES string of the molecule is CC/C=C\C/C=C\C/C=C\C/C=C\CCCCCCCCCCCCCCCCCCCCCCCCCCCCC(=O)NC(COC1OC(CO)C(OC2OC(CO)C(OC3OC(CO)C(O)C(O)C3O)C(O)C2O)C(O)C1O)C(O)CCCCCCCC. The number of hydrogen-bond acceptors (Lipinski definition) is 18. The van der Waals surface area contributed by atoms with Gasteiger partial charge in [0.1, 0.15) is 73.2 Å². The molecule has 3 rings (SSSR count). The van der Waals surface area contributed by atoms with Crippen LogP contribution in [-0.4, -0.2) is 193 Å². The molecule has 19 nitrogen and oxygen atoms in total. The Bertz CT molecular complexity index is 1820. The molecule has 0 aliphatic carbocycles. The van der Waals surface area contributed by atoms with Gasteiger partial charge in [-0.3, -0.25) is 4.79 Å². The standard InChI is InChI=1S/C71H129NO18/c1-3-5-7-9-11-12-13-14-15-16-17-18-19-20-21-22-23-24-25-26-27-28-29-30-31-32-33-34-35-36-37-38-39-40-41-42-43-45-47-49-59(77)72-54(55(76)48-46-44-10-8-6-4-2)53-85-69-65(83)62(80)67(57(51-74)87-69)90-71-66(84)63(81)68(58(52-75)88-71)89-70-64(82)61(79)60(78)56(50-73)86-70/h5,7,11-12,14-15,17-18,54-58,60-71,73-76,78-84H,3-4,6,8-10,13,16,19-53H2,1-2H3,(H,72,77)/b7-5-,12-11-,15-14-,18-17-. The lowest BCUT2D eigenvalue weighted by Crippen LogP contribution is -2.66. The molecule has 0 saturated carbocycles. The number of nitrogens with one attached hydrogen (secondary N) is 1. The monoisotopic (exact) mass is 1280 g/mol. The highest BCUT2D eigenvalue weighted by Gasteiger charge is 2.53. The van der Waals surface area contributed by atoms with Crippen LogP contribution in [0.5, 0.6) is 0 Å². The van der Waals surface area contributed by atoms with Crippen LogP contribution in [0.25, 0.3) is 0 Å². The molecule has 526 valence electrons. The topological polar surface area (TPSA) is 307 Å². The van der Waals surface area contributed by atoms with E-state index in [-0.39, 0.29) is 18.9 Å². The van der Waals surface area contributed by atoms with E-state index in [1.807, 2.05) is 0 Å². The van der Waals surface area contributed by atoms with Crippen molar-refractivity contribution >= 4 is 5.91 Å². The zero-order valence-corrected chi connectivity index (χ0v) is 55.6. The molecule has 0 aromatic heterocycles. The van der Waals surface area contributed by atoms with Gasteiger partial charge in [-0.1, -0.05) is 255 Å². The van der Waals surface area contributed by atoms with Crippen molar-refractivity contribution in [1.82, 2.24) is 5.32 Å². The normalized spacial score (nSPS) is 28.3. The van der Waals surface area contributed by atoms with Gasteiger partial charge in [0, 0.05) is 6.42 Å². The Morgan fingerprint density at radius 3 is 1.20 bits per heavy atom. The maximum absolute atomic E-state index is 13.3. The van der Waals surface area contributed by atoms with E-state index in [2.05, 4.69) is 67.8 Å². The van der Waals surface area contributed by atoms with Gasteiger partial charge in [-0.15, -0.1) is 0 Å². The highest BCUT2D eigenvalue weighted by Crippen LogP contribution is 2.33. The first-order valence-electron chi connectivity index (χ1n) is 35.9. The van der Waals surface area contributed by atoms with E-state index in [4.69, 9.17) is 28.4 Å². The molecule has 0 spiro atoms. The van der Waals surface area contributed by atoms with E-state index in [0.717, 1.165) is 83.5 Å². The van der Waals surface area contributed by atoms with Crippen molar-refractivity contribution in [2.75, 3.05) is 26.4 Å². The number of hydrogen-bond donors (Lipinski definition) is 12. The Hall–Kier alpha value is -2.25. The molecule has 19 heteroatoms. The number of rotatable bonds is 55. The van der Waals surface area contributed by atoms with Crippen LogP contribution in [0.1, 0.15) is 264 Å². The lowest BCUT2D eigenvalue weighted by Gasteiger charge is -2.48. The molecule has 0 radical (unpaired) electrons. The van der Waals surface area contributed by atoms with Crippen molar-refractivity contribution in [3.63, 3.8) is 0 Å². The Balaban J connectivity index is 1.22. The summed E-state index contributed by atoms with van der Waals surface area (Å²) in [5.41, 5.74) is 0. The van der Waals surface area contributed by atoms with Gasteiger partial charge in [0.2, 0.25) is 5.91 Å². The van der Waals surface area contributed by atoms with Crippen molar-refractivity contribution in [1.29, 1.82) is 0 Å². The van der Waals surface area contributed by atoms with Crippen LogP contribution < -0.4 is 5.32 Å². The van der Waals surface area contributed by atoms with E-state index in [1.165, 1.54) is 148 Å². The molecule has 3 heterocycles. The molecule has 3 fully saturated rings. The third kappa shape index (κ3) is 34.4. The van der Waals surface area contributed by atoms with Crippen LogP contribution in [0.15, 0.2) is 48.6 Å². The molecule has 3 aliphatic heterocycles. The lowest BCUT2D eigenvalue weighted by molar-refractivity contribution is -0.379. The van der Waals surface area contributed by atoms with Gasteiger partial charge >= 0.3 is 0 Å². The van der Waals surface area contributed by atoms with E-state index < -0.39 is 124 Å². The summed E-state index contributed by atoms with van der Waals surface area (Å²) in [6, 6.07) is -0.882. The summed E-state index contributed by atoms with van der Waals surface area (Å²) in [6.45, 7) is 1.61. The molecule has 0 aromatic carbocycles. The van der Waals surface area contributed by atoms with E-state index in [0.29, 0.717) is 12.8 Å². The second-order valence-corrected chi connectivity index (χ2v) is 25.7. The largest absolute Gasteiger partial charge is 0.394 e. The molecular weight excluding hydrogens is 1150 g/mol. The second-order valence-electron chi connectivity index (χ2n) is 25.7. The quantitative estimate of drug-likeness (QED) is 0.0199. The molecular formula is C71H129NO18. The van der Waals surface area contributed by atoms with Crippen molar-refractivity contribution in [2.45, 2.75) is 369 Å². The maximum Gasteiger partial charge on any atom is 0.220 e. The molecule has 1 amide bonds. The van der Waals surface area contributed by atoms with Crippen molar-refractivity contribution in [2.24, 2.45) is 0 Å². The predicted molar refractivity (Wildman–Crippen MR) is 351 cm³/mol. The third-order valence-corrected chi connectivity index (χ3v) is 17.9. The van der Waals surface area contributed by atoms with Crippen LogP contribution >= 0.6 is 0 Å². The number of aliphatic hydroxyl groups excluding tert-OH is 11. The molecule has 0 aromatic rings. The van der Waals surface area contributed by atoms with E-state index in [9.17, 15) is 61.0 Å². The maximum atomic E-state index is 13.3. The molecule has 90 heavy (non-hydrogen) atoms. The highest BCUT2D eigenvalue weighted by atomic mass is 16.8. The number of unbranched alkanes of at least 4 members (excludes halogenated alkanes) is 31. The zero-order chi connectivity index (χ0) is 65.4. The van der Waals surface area contributed by atoms with E-state index >= 15 is 0 Å². The average Bonchev–Trinajstić information content (AvgIpc) is 1.11. The van der Waals surface area contributed by atoms with Crippen molar-refractivity contribution < 1.29 is 89.4 Å². The smallest absolute Gasteiger partial charge is 0.220 e. The van der Waals surface area contributed by atoms with Gasteiger partial charge in [-0.25, -0.2) is 0 Å². The number of aliphatic hydroxyl groups is 11. The Morgan fingerprint density at radius 2 is 0.767 bits per heavy atom. The lowest BCUT2D eigenvalue weighted by atomic mass is 9.96.